The van der Waals surface area contributed by atoms with Gasteiger partial charge in [0.15, 0.2) is 0 Å². The van der Waals surface area contributed by atoms with Gasteiger partial charge in [-0.2, -0.15) is 0 Å². The first-order valence-electron chi connectivity index (χ1n) is 6.88. The third-order valence-electron chi connectivity index (χ3n) is 3.12. The highest BCUT2D eigenvalue weighted by Crippen LogP contribution is 2.18. The lowest BCUT2D eigenvalue weighted by atomic mass is 10.1. The fourth-order valence-electron chi connectivity index (χ4n) is 2.15. The summed E-state index contributed by atoms with van der Waals surface area (Å²) in [5.74, 6) is -0.0968. The van der Waals surface area contributed by atoms with Gasteiger partial charge in [0, 0.05) is 29.1 Å². The molecule has 1 N–H and O–H groups in total. The molecule has 0 aliphatic carbocycles. The molecule has 2 rings (SSSR count). The van der Waals surface area contributed by atoms with Crippen molar-refractivity contribution < 1.29 is 4.79 Å². The van der Waals surface area contributed by atoms with Crippen molar-refractivity contribution in [3.63, 3.8) is 0 Å². The van der Waals surface area contributed by atoms with E-state index >= 15 is 0 Å². The number of hydrogen-bond donors (Lipinski definition) is 1. The van der Waals surface area contributed by atoms with Crippen LogP contribution in [0.2, 0.25) is 0 Å². The van der Waals surface area contributed by atoms with Gasteiger partial charge in [0.25, 0.3) is 5.91 Å². The average molecular weight is 283 g/mol. The van der Waals surface area contributed by atoms with Crippen LogP contribution in [-0.2, 0) is 0 Å². The molecule has 1 amide bonds. The molecule has 0 saturated carbocycles. The largest absolute Gasteiger partial charge is 0.352 e. The molecule has 0 spiro atoms. The Bertz CT molecular complexity index is 692. The van der Waals surface area contributed by atoms with Gasteiger partial charge in [0.2, 0.25) is 0 Å². The highest BCUT2D eigenvalue weighted by atomic mass is 16.1. The number of hydrogen-bond acceptors (Lipinski definition) is 3. The van der Waals surface area contributed by atoms with E-state index in [1.54, 1.807) is 6.07 Å². The second-order valence-electron chi connectivity index (χ2n) is 4.75. The molecule has 1 aromatic carbocycles. The van der Waals surface area contributed by atoms with Crippen molar-refractivity contribution in [1.29, 1.82) is 0 Å². The molecule has 6 heteroatoms. The van der Waals surface area contributed by atoms with Gasteiger partial charge >= 0.3 is 0 Å². The third kappa shape index (κ3) is 3.94. The van der Waals surface area contributed by atoms with Gasteiger partial charge < -0.3 is 5.32 Å². The second-order valence-corrected chi connectivity index (χ2v) is 4.75. The highest BCUT2D eigenvalue weighted by molar-refractivity contribution is 6.06. The van der Waals surface area contributed by atoms with E-state index in [4.69, 9.17) is 5.53 Å². The minimum atomic E-state index is -0.0968. The van der Waals surface area contributed by atoms with E-state index in [-0.39, 0.29) is 5.91 Å². The zero-order valence-electron chi connectivity index (χ0n) is 11.9. The van der Waals surface area contributed by atoms with Gasteiger partial charge in [0.05, 0.1) is 11.1 Å². The van der Waals surface area contributed by atoms with Crippen LogP contribution in [0.4, 0.5) is 0 Å². The summed E-state index contributed by atoms with van der Waals surface area (Å²) in [5, 5.41) is 7.21. The lowest BCUT2D eigenvalue weighted by molar-refractivity contribution is 0.0954. The Morgan fingerprint density at radius 3 is 3.00 bits per heavy atom. The number of pyridine rings is 1. The molecule has 0 aliphatic heterocycles. The number of aryl methyl sites for hydroxylation is 1. The molecule has 0 aliphatic rings. The number of carbonyl (C=O) groups is 1. The molecule has 21 heavy (non-hydrogen) atoms. The van der Waals surface area contributed by atoms with Crippen molar-refractivity contribution in [1.82, 2.24) is 10.3 Å². The average Bonchev–Trinajstić information content (AvgIpc) is 2.49. The van der Waals surface area contributed by atoms with Crippen molar-refractivity contribution in [2.45, 2.75) is 19.8 Å². The maximum Gasteiger partial charge on any atom is 0.252 e. The third-order valence-corrected chi connectivity index (χ3v) is 3.12. The fourth-order valence-corrected chi connectivity index (χ4v) is 2.15. The number of carbonyl (C=O) groups excluding carboxylic acids is 1. The summed E-state index contributed by atoms with van der Waals surface area (Å²) in [6.45, 7) is 2.91. The van der Waals surface area contributed by atoms with Gasteiger partial charge in [0.1, 0.15) is 0 Å². The zero-order chi connectivity index (χ0) is 15.1. The van der Waals surface area contributed by atoms with Crippen molar-refractivity contribution in [3.8, 4) is 0 Å². The van der Waals surface area contributed by atoms with Gasteiger partial charge in [-0.25, -0.2) is 0 Å². The molecule has 0 bridgehead atoms. The Kier molecular flexibility index (Phi) is 5.12. The minimum absolute atomic E-state index is 0.0968. The Morgan fingerprint density at radius 1 is 1.38 bits per heavy atom. The number of fused-ring (bicyclic) bond motifs is 1. The van der Waals surface area contributed by atoms with E-state index in [9.17, 15) is 4.79 Å². The number of nitrogens with one attached hydrogen (secondary N) is 1. The molecule has 1 aromatic heterocycles. The van der Waals surface area contributed by atoms with Crippen LogP contribution in [0.1, 0.15) is 28.9 Å². The van der Waals surface area contributed by atoms with Gasteiger partial charge in [-0.05, 0) is 37.4 Å². The summed E-state index contributed by atoms with van der Waals surface area (Å²) in [7, 11) is 0. The summed E-state index contributed by atoms with van der Waals surface area (Å²) >= 11 is 0. The number of rotatable bonds is 6. The molecule has 0 saturated heterocycles. The van der Waals surface area contributed by atoms with Gasteiger partial charge in [-0.15, -0.1) is 0 Å². The number of nitrogens with zero attached hydrogens (tertiary/aromatic N) is 4. The highest BCUT2D eigenvalue weighted by Gasteiger charge is 2.10. The van der Waals surface area contributed by atoms with Crippen LogP contribution in [-0.4, -0.2) is 24.0 Å². The number of aromatic nitrogens is 1. The molecular formula is C15H17N5O. The lowest BCUT2D eigenvalue weighted by Crippen LogP contribution is -2.25. The summed E-state index contributed by atoms with van der Waals surface area (Å²) in [4.78, 5) is 19.4. The van der Waals surface area contributed by atoms with E-state index in [0.29, 0.717) is 18.7 Å². The topological polar surface area (TPSA) is 90.8 Å². The first kappa shape index (κ1) is 14.8. The normalized spacial score (nSPS) is 10.1. The number of unbranched alkanes of at least 4 members (excludes halogenated alkanes) is 1. The molecule has 0 fully saturated rings. The summed E-state index contributed by atoms with van der Waals surface area (Å²) in [6.07, 6.45) is 1.55. The van der Waals surface area contributed by atoms with Gasteiger partial charge in [-0.3, -0.25) is 9.78 Å². The zero-order valence-corrected chi connectivity index (χ0v) is 11.9. The second kappa shape index (κ2) is 7.26. The fraction of sp³-hybridized carbons (Fsp3) is 0.333. The number of azide groups is 1. The van der Waals surface area contributed by atoms with E-state index in [2.05, 4.69) is 20.3 Å². The Labute approximate surface area is 122 Å². The number of amides is 1. The minimum Gasteiger partial charge on any atom is -0.352 e. The first-order valence-corrected chi connectivity index (χ1v) is 6.88. The molecule has 108 valence electrons. The SMILES string of the molecule is Cc1cc(C(=O)NCCCCN=[N+]=[N-])c2ccccc2n1. The van der Waals surface area contributed by atoms with Crippen LogP contribution in [0.25, 0.3) is 21.3 Å². The molecule has 0 unspecified atom stereocenters. The number of benzene rings is 1. The van der Waals surface area contributed by atoms with Crippen LogP contribution >= 0.6 is 0 Å². The molecule has 6 nitrogen and oxygen atoms in total. The predicted molar refractivity (Wildman–Crippen MR) is 82.1 cm³/mol. The van der Waals surface area contributed by atoms with Crippen LogP contribution in [0.15, 0.2) is 35.4 Å². The van der Waals surface area contributed by atoms with E-state index < -0.39 is 0 Å². The monoisotopic (exact) mass is 283 g/mol. The molecule has 2 aromatic rings. The van der Waals surface area contributed by atoms with Crippen LogP contribution < -0.4 is 5.32 Å². The summed E-state index contributed by atoms with van der Waals surface area (Å²) in [5.41, 5.74) is 10.5. The van der Waals surface area contributed by atoms with Crippen molar-refractivity contribution in [3.05, 3.63) is 52.0 Å². The van der Waals surface area contributed by atoms with E-state index in [0.717, 1.165) is 29.4 Å². The standard InChI is InChI=1S/C15H17N5O/c1-11-10-13(12-6-2-3-7-14(12)19-11)15(21)17-8-4-5-9-18-20-16/h2-3,6-7,10H,4-5,8-9H2,1H3,(H,17,21). The lowest BCUT2D eigenvalue weighted by Gasteiger charge is -2.08. The first-order chi connectivity index (χ1) is 10.2. The Hall–Kier alpha value is -2.59. The van der Waals surface area contributed by atoms with Crippen molar-refractivity contribution >= 4 is 16.8 Å². The summed E-state index contributed by atoms with van der Waals surface area (Å²) < 4.78 is 0. The summed E-state index contributed by atoms with van der Waals surface area (Å²) in [6, 6.07) is 9.41. The van der Waals surface area contributed by atoms with E-state index in [1.807, 2.05) is 31.2 Å². The predicted octanol–water partition coefficient (Wildman–Crippen LogP) is 3.36. The maximum atomic E-state index is 12.3. The Morgan fingerprint density at radius 2 is 2.19 bits per heavy atom. The molecular weight excluding hydrogens is 266 g/mol. The quantitative estimate of drug-likeness (QED) is 0.381. The number of para-hydroxylation sites is 1. The van der Waals surface area contributed by atoms with Crippen molar-refractivity contribution in [2.24, 2.45) is 5.11 Å². The Balaban J connectivity index is 2.04. The van der Waals surface area contributed by atoms with Crippen LogP contribution in [0.3, 0.4) is 0 Å². The van der Waals surface area contributed by atoms with E-state index in [1.165, 1.54) is 0 Å². The molecule has 0 radical (unpaired) electrons. The molecule has 0 atom stereocenters. The van der Waals surface area contributed by atoms with Crippen molar-refractivity contribution in [2.75, 3.05) is 13.1 Å². The van der Waals surface area contributed by atoms with Crippen LogP contribution in [0, 0.1) is 6.92 Å². The smallest absolute Gasteiger partial charge is 0.252 e. The van der Waals surface area contributed by atoms with Gasteiger partial charge in [-0.1, -0.05) is 23.3 Å². The van der Waals surface area contributed by atoms with Crippen LogP contribution in [0.5, 0.6) is 0 Å². The maximum absolute atomic E-state index is 12.3. The molecule has 1 heterocycles.